The van der Waals surface area contributed by atoms with Crippen molar-refractivity contribution in [2.45, 2.75) is 18.9 Å². The highest BCUT2D eigenvalue weighted by atomic mass is 16.2. The number of nitrogens with two attached hydrogens (primary N) is 1. The third-order valence-electron chi connectivity index (χ3n) is 2.05. The molecular weight excluding hydrogens is 196 g/mol. The van der Waals surface area contributed by atoms with E-state index in [0.29, 0.717) is 19.4 Å². The summed E-state index contributed by atoms with van der Waals surface area (Å²) in [4.78, 5) is 22.1. The molecule has 0 aliphatic carbocycles. The van der Waals surface area contributed by atoms with Gasteiger partial charge in [0, 0.05) is 19.5 Å². The van der Waals surface area contributed by atoms with E-state index in [1.54, 1.807) is 7.05 Å². The molecular formula is C9H20N4O2. The van der Waals surface area contributed by atoms with E-state index < -0.39 is 11.9 Å². The predicted molar refractivity (Wildman–Crippen MR) is 58.2 cm³/mol. The van der Waals surface area contributed by atoms with Crippen molar-refractivity contribution in [1.82, 2.24) is 16.0 Å². The molecule has 15 heavy (non-hydrogen) atoms. The second kappa shape index (κ2) is 8.19. The molecule has 0 saturated heterocycles. The number of carbonyl (C=O) groups is 2. The zero-order chi connectivity index (χ0) is 11.7. The van der Waals surface area contributed by atoms with E-state index in [1.165, 1.54) is 0 Å². The van der Waals surface area contributed by atoms with E-state index >= 15 is 0 Å². The van der Waals surface area contributed by atoms with Crippen LogP contribution in [0.2, 0.25) is 0 Å². The summed E-state index contributed by atoms with van der Waals surface area (Å²) in [6.07, 6.45) is 0.732. The molecule has 2 amide bonds. The van der Waals surface area contributed by atoms with Crippen LogP contribution < -0.4 is 21.7 Å². The van der Waals surface area contributed by atoms with Crippen LogP contribution in [-0.2, 0) is 9.59 Å². The first kappa shape index (κ1) is 13.9. The fourth-order valence-electron chi connectivity index (χ4n) is 1.12. The first-order chi connectivity index (χ1) is 7.11. The van der Waals surface area contributed by atoms with Crippen molar-refractivity contribution in [3.05, 3.63) is 0 Å². The lowest BCUT2D eigenvalue weighted by Crippen LogP contribution is -2.40. The molecule has 0 saturated carbocycles. The van der Waals surface area contributed by atoms with Crippen molar-refractivity contribution < 1.29 is 9.59 Å². The van der Waals surface area contributed by atoms with Gasteiger partial charge in [0.1, 0.15) is 0 Å². The number of primary amides is 1. The Kier molecular flexibility index (Phi) is 7.57. The maximum atomic E-state index is 11.2. The van der Waals surface area contributed by atoms with Gasteiger partial charge in [-0.1, -0.05) is 0 Å². The van der Waals surface area contributed by atoms with Gasteiger partial charge in [0.25, 0.3) is 0 Å². The maximum absolute atomic E-state index is 11.2. The smallest absolute Gasteiger partial charge is 0.234 e. The average Bonchev–Trinajstić information content (AvgIpc) is 2.18. The molecule has 0 radical (unpaired) electrons. The summed E-state index contributed by atoms with van der Waals surface area (Å²) in [6, 6.07) is -0.431. The summed E-state index contributed by atoms with van der Waals surface area (Å²) in [7, 11) is 3.46. The molecule has 0 aromatic heterocycles. The minimum Gasteiger partial charge on any atom is -0.368 e. The summed E-state index contributed by atoms with van der Waals surface area (Å²) in [5, 5.41) is 8.39. The van der Waals surface area contributed by atoms with E-state index in [9.17, 15) is 9.59 Å². The van der Waals surface area contributed by atoms with Crippen LogP contribution in [0.3, 0.4) is 0 Å². The average molecular weight is 216 g/mol. The second-order valence-electron chi connectivity index (χ2n) is 3.24. The summed E-state index contributed by atoms with van der Waals surface area (Å²) in [6.45, 7) is 1.33. The third-order valence-corrected chi connectivity index (χ3v) is 2.05. The molecule has 88 valence electrons. The van der Waals surface area contributed by atoms with Crippen LogP contribution in [0, 0.1) is 0 Å². The lowest BCUT2D eigenvalue weighted by Gasteiger charge is -2.11. The number of likely N-dealkylation sites (N-methyl/N-ethyl adjacent to an activating group) is 2. The summed E-state index contributed by atoms with van der Waals surface area (Å²) < 4.78 is 0. The number of nitrogens with one attached hydrogen (secondary N) is 3. The van der Waals surface area contributed by atoms with Crippen LogP contribution in [0.25, 0.3) is 0 Å². The Morgan fingerprint density at radius 2 is 1.93 bits per heavy atom. The van der Waals surface area contributed by atoms with Crippen molar-refractivity contribution in [3.8, 4) is 0 Å². The standard InChI is InChI=1S/C9H20N4O2/c1-11-5-6-13-8(14)4-3-7(12-2)9(10)15/h7,11-12H,3-6H2,1-2H3,(H2,10,15)(H,13,14)/t7-/m0/s1. The van der Waals surface area contributed by atoms with E-state index in [2.05, 4.69) is 16.0 Å². The zero-order valence-corrected chi connectivity index (χ0v) is 9.30. The van der Waals surface area contributed by atoms with Gasteiger partial charge in [-0.25, -0.2) is 0 Å². The van der Waals surface area contributed by atoms with Gasteiger partial charge >= 0.3 is 0 Å². The fourth-order valence-corrected chi connectivity index (χ4v) is 1.12. The SMILES string of the molecule is CNCCNC(=O)CC[C@H](NC)C(N)=O. The minimum absolute atomic E-state index is 0.0632. The van der Waals surface area contributed by atoms with Crippen LogP contribution in [0.1, 0.15) is 12.8 Å². The molecule has 0 aromatic carbocycles. The van der Waals surface area contributed by atoms with Gasteiger partial charge in [0.15, 0.2) is 0 Å². The summed E-state index contributed by atoms with van der Waals surface area (Å²) >= 11 is 0. The van der Waals surface area contributed by atoms with E-state index in [0.717, 1.165) is 6.54 Å². The summed E-state index contributed by atoms with van der Waals surface area (Å²) in [5.74, 6) is -0.493. The largest absolute Gasteiger partial charge is 0.368 e. The molecule has 0 bridgehead atoms. The van der Waals surface area contributed by atoms with Crippen LogP contribution >= 0.6 is 0 Å². The lowest BCUT2D eigenvalue weighted by molar-refractivity contribution is -0.122. The van der Waals surface area contributed by atoms with E-state index in [1.807, 2.05) is 7.05 Å². The Balaban J connectivity index is 3.64. The second-order valence-corrected chi connectivity index (χ2v) is 3.24. The molecule has 0 aliphatic heterocycles. The number of hydrogen-bond donors (Lipinski definition) is 4. The molecule has 5 N–H and O–H groups in total. The van der Waals surface area contributed by atoms with Gasteiger partial charge in [0.05, 0.1) is 6.04 Å². The fraction of sp³-hybridized carbons (Fsp3) is 0.778. The number of rotatable bonds is 8. The number of amides is 2. The first-order valence-electron chi connectivity index (χ1n) is 4.99. The Morgan fingerprint density at radius 3 is 2.40 bits per heavy atom. The summed E-state index contributed by atoms with van der Waals surface area (Å²) in [5.41, 5.74) is 5.11. The van der Waals surface area contributed by atoms with Gasteiger partial charge in [-0.05, 0) is 20.5 Å². The molecule has 6 heteroatoms. The topological polar surface area (TPSA) is 96.2 Å². The van der Waals surface area contributed by atoms with Gasteiger partial charge in [-0.15, -0.1) is 0 Å². The van der Waals surface area contributed by atoms with E-state index in [4.69, 9.17) is 5.73 Å². The molecule has 0 spiro atoms. The number of carbonyl (C=O) groups excluding carboxylic acids is 2. The predicted octanol–water partition coefficient (Wildman–Crippen LogP) is -1.82. The Morgan fingerprint density at radius 1 is 1.27 bits per heavy atom. The first-order valence-corrected chi connectivity index (χ1v) is 4.99. The molecule has 0 fully saturated rings. The van der Waals surface area contributed by atoms with Gasteiger partial charge < -0.3 is 21.7 Å². The van der Waals surface area contributed by atoms with Gasteiger partial charge in [0.2, 0.25) is 11.8 Å². The highest BCUT2D eigenvalue weighted by Gasteiger charge is 2.13. The Labute approximate surface area is 90.0 Å². The van der Waals surface area contributed by atoms with Crippen LogP contribution in [0.15, 0.2) is 0 Å². The number of hydrogen-bond acceptors (Lipinski definition) is 4. The van der Waals surface area contributed by atoms with Crippen molar-refractivity contribution in [2.24, 2.45) is 5.73 Å². The van der Waals surface area contributed by atoms with Gasteiger partial charge in [-0.3, -0.25) is 9.59 Å². The lowest BCUT2D eigenvalue weighted by atomic mass is 10.1. The maximum Gasteiger partial charge on any atom is 0.234 e. The van der Waals surface area contributed by atoms with Crippen LogP contribution in [-0.4, -0.2) is 45.0 Å². The molecule has 0 heterocycles. The quantitative estimate of drug-likeness (QED) is 0.359. The van der Waals surface area contributed by atoms with Crippen molar-refractivity contribution in [1.29, 1.82) is 0 Å². The van der Waals surface area contributed by atoms with Crippen molar-refractivity contribution >= 4 is 11.8 Å². The molecule has 0 unspecified atom stereocenters. The minimum atomic E-state index is -0.431. The van der Waals surface area contributed by atoms with Crippen LogP contribution in [0.5, 0.6) is 0 Å². The van der Waals surface area contributed by atoms with Crippen molar-refractivity contribution in [2.75, 3.05) is 27.2 Å². The van der Waals surface area contributed by atoms with Crippen LogP contribution in [0.4, 0.5) is 0 Å². The monoisotopic (exact) mass is 216 g/mol. The molecule has 6 nitrogen and oxygen atoms in total. The Bertz CT molecular complexity index is 208. The van der Waals surface area contributed by atoms with Gasteiger partial charge in [-0.2, -0.15) is 0 Å². The normalized spacial score (nSPS) is 12.1. The molecule has 1 atom stereocenters. The van der Waals surface area contributed by atoms with E-state index in [-0.39, 0.29) is 5.91 Å². The molecule has 0 aliphatic rings. The molecule has 0 aromatic rings. The van der Waals surface area contributed by atoms with Crippen molar-refractivity contribution in [3.63, 3.8) is 0 Å². The molecule has 0 rings (SSSR count). The highest BCUT2D eigenvalue weighted by molar-refractivity contribution is 5.81. The highest BCUT2D eigenvalue weighted by Crippen LogP contribution is 1.95. The third kappa shape index (κ3) is 6.87. The Hall–Kier alpha value is -1.14. The zero-order valence-electron chi connectivity index (χ0n) is 9.30.